The maximum Gasteiger partial charge on any atom is 0.330 e. The predicted octanol–water partition coefficient (Wildman–Crippen LogP) is 0.406. The Morgan fingerprint density at radius 3 is 2.23 bits per heavy atom. The molecule has 0 aromatic carbocycles. The van der Waals surface area contributed by atoms with Crippen LogP contribution in [0.15, 0.2) is 0 Å². The minimum absolute atomic E-state index is 0.405. The van der Waals surface area contributed by atoms with Crippen molar-refractivity contribution in [3.63, 3.8) is 0 Å². The van der Waals surface area contributed by atoms with E-state index in [1.807, 2.05) is 0 Å². The Morgan fingerprint density at radius 2 is 1.69 bits per heavy atom. The van der Waals surface area contributed by atoms with E-state index in [1.165, 1.54) is 0 Å². The van der Waals surface area contributed by atoms with Crippen LogP contribution >= 0.6 is 0 Å². The van der Waals surface area contributed by atoms with Gasteiger partial charge in [-0.15, -0.1) is 0 Å². The third-order valence-electron chi connectivity index (χ3n) is 1.46. The molecule has 0 N–H and O–H groups in total. The van der Waals surface area contributed by atoms with Gasteiger partial charge < -0.3 is 4.13 Å². The molecule has 13 heavy (non-hydrogen) atoms. The van der Waals surface area contributed by atoms with Crippen LogP contribution in [0, 0.1) is 0 Å². The van der Waals surface area contributed by atoms with E-state index in [2.05, 4.69) is 4.13 Å². The van der Waals surface area contributed by atoms with Crippen LogP contribution < -0.4 is 0 Å². The van der Waals surface area contributed by atoms with Gasteiger partial charge in [-0.2, -0.15) is 8.78 Å². The molecule has 0 aliphatic carbocycles. The lowest BCUT2D eigenvalue weighted by molar-refractivity contribution is 0.0835. The first-order valence-electron chi connectivity index (χ1n) is 3.26. The molecular weight excluding hydrogens is 228 g/mol. The summed E-state index contributed by atoms with van der Waals surface area (Å²) in [7, 11) is -9.44. The zero-order chi connectivity index (χ0) is 10.3. The average molecular weight is 234 g/mol. The molecule has 1 aliphatic heterocycles. The number of hydrogen-bond donors (Lipinski definition) is 0. The quantitative estimate of drug-likeness (QED) is 0.607. The van der Waals surface area contributed by atoms with Crippen LogP contribution in [0.25, 0.3) is 4.13 Å². The van der Waals surface area contributed by atoms with Gasteiger partial charge in [0.2, 0.25) is 0 Å². The summed E-state index contributed by atoms with van der Waals surface area (Å²) in [5.74, 6) is -0.651. The van der Waals surface area contributed by atoms with E-state index in [9.17, 15) is 25.6 Å². The molecule has 0 saturated carbocycles. The van der Waals surface area contributed by atoms with Gasteiger partial charge in [-0.3, -0.25) is 0 Å². The molecular formula is C4H6F2NO4S2-. The zero-order valence-electron chi connectivity index (χ0n) is 6.27. The largest absolute Gasteiger partial charge is 0.431 e. The Balaban J connectivity index is 3.18. The van der Waals surface area contributed by atoms with Crippen LogP contribution in [0.3, 0.4) is 0 Å². The SMILES string of the molecule is O=S1(=O)CCCC(F)(F)S(=O)(=O)[N-]1. The van der Waals surface area contributed by atoms with Crippen LogP contribution in [0.5, 0.6) is 0 Å². The second kappa shape index (κ2) is 2.85. The molecule has 78 valence electrons. The molecule has 0 spiro atoms. The Morgan fingerprint density at radius 1 is 1.15 bits per heavy atom. The van der Waals surface area contributed by atoms with Gasteiger partial charge in [0, 0.05) is 12.2 Å². The molecule has 1 aliphatic rings. The van der Waals surface area contributed by atoms with Gasteiger partial charge in [0.05, 0.1) is 10.0 Å². The highest BCUT2D eigenvalue weighted by molar-refractivity contribution is 8.12. The van der Waals surface area contributed by atoms with Crippen LogP contribution in [0.2, 0.25) is 0 Å². The summed E-state index contributed by atoms with van der Waals surface area (Å²) >= 11 is 0. The van der Waals surface area contributed by atoms with Crippen molar-refractivity contribution >= 4 is 20.0 Å². The van der Waals surface area contributed by atoms with Gasteiger partial charge in [-0.25, -0.2) is 16.8 Å². The van der Waals surface area contributed by atoms with E-state index >= 15 is 0 Å². The second-order valence-corrected chi connectivity index (χ2v) is 6.29. The van der Waals surface area contributed by atoms with Crippen LogP contribution in [-0.2, 0) is 20.0 Å². The van der Waals surface area contributed by atoms with Gasteiger partial charge >= 0.3 is 5.25 Å². The van der Waals surface area contributed by atoms with Crippen molar-refractivity contribution in [1.82, 2.24) is 0 Å². The number of alkyl halides is 2. The van der Waals surface area contributed by atoms with E-state index in [1.54, 1.807) is 0 Å². The van der Waals surface area contributed by atoms with Crippen molar-refractivity contribution in [3.05, 3.63) is 4.13 Å². The predicted molar refractivity (Wildman–Crippen MR) is 40.2 cm³/mol. The maximum absolute atomic E-state index is 12.6. The van der Waals surface area contributed by atoms with Gasteiger partial charge in [0.25, 0.3) is 0 Å². The van der Waals surface area contributed by atoms with Gasteiger partial charge in [0.1, 0.15) is 10.0 Å². The standard InChI is InChI=1S/C4H6F2NO4S2/c5-4(6)2-1-3-12(8,9)7-13(4,10)11/h1-3H2/q-1. The summed E-state index contributed by atoms with van der Waals surface area (Å²) in [6.07, 6.45) is -1.41. The fraction of sp³-hybridized carbons (Fsp3) is 1.00. The summed E-state index contributed by atoms with van der Waals surface area (Å²) in [5, 5.41) is -4.06. The van der Waals surface area contributed by atoms with Gasteiger partial charge in [-0.05, 0) is 6.42 Å². The van der Waals surface area contributed by atoms with Crippen molar-refractivity contribution in [2.45, 2.75) is 18.1 Å². The summed E-state index contributed by atoms with van der Waals surface area (Å²) in [5.41, 5.74) is 0. The van der Waals surface area contributed by atoms with Crippen molar-refractivity contribution in [1.29, 1.82) is 0 Å². The average Bonchev–Trinajstić information content (AvgIpc) is 1.86. The van der Waals surface area contributed by atoms with Crippen LogP contribution in [0.4, 0.5) is 8.78 Å². The first-order valence-corrected chi connectivity index (χ1v) is 6.31. The lowest BCUT2D eigenvalue weighted by Gasteiger charge is -2.22. The van der Waals surface area contributed by atoms with Gasteiger partial charge in [0.15, 0.2) is 0 Å². The molecule has 0 bridgehead atoms. The molecule has 5 nitrogen and oxygen atoms in total. The first-order chi connectivity index (χ1) is 5.66. The van der Waals surface area contributed by atoms with Crippen molar-refractivity contribution in [2.24, 2.45) is 0 Å². The lowest BCUT2D eigenvalue weighted by atomic mass is 10.3. The number of hydrogen-bond acceptors (Lipinski definition) is 4. The minimum Gasteiger partial charge on any atom is -0.431 e. The number of sulfonamides is 2. The van der Waals surface area contributed by atoms with Crippen molar-refractivity contribution < 1.29 is 25.6 Å². The molecule has 0 unspecified atom stereocenters. The topological polar surface area (TPSA) is 82.4 Å². The summed E-state index contributed by atoms with van der Waals surface area (Å²) in [4.78, 5) is 0. The fourth-order valence-electron chi connectivity index (χ4n) is 0.831. The third-order valence-corrected chi connectivity index (χ3v) is 4.92. The smallest absolute Gasteiger partial charge is 0.330 e. The first kappa shape index (κ1) is 10.8. The van der Waals surface area contributed by atoms with Crippen LogP contribution in [0.1, 0.15) is 12.8 Å². The Kier molecular flexibility index (Phi) is 2.37. The highest BCUT2D eigenvalue weighted by atomic mass is 32.3. The normalized spacial score (nSPS) is 30.6. The molecule has 1 heterocycles. The zero-order valence-corrected chi connectivity index (χ0v) is 7.91. The molecule has 0 atom stereocenters. The van der Waals surface area contributed by atoms with E-state index in [4.69, 9.17) is 0 Å². The van der Waals surface area contributed by atoms with E-state index in [0.29, 0.717) is 0 Å². The Hall–Kier alpha value is -0.280. The highest BCUT2D eigenvalue weighted by Gasteiger charge is 2.41. The molecule has 0 amide bonds. The molecule has 9 heteroatoms. The molecule has 1 saturated heterocycles. The molecule has 0 aromatic rings. The Bertz CT molecular complexity index is 398. The highest BCUT2D eigenvalue weighted by Crippen LogP contribution is 2.36. The van der Waals surface area contributed by atoms with Crippen molar-refractivity contribution in [2.75, 3.05) is 5.75 Å². The second-order valence-electron chi connectivity index (χ2n) is 2.58. The van der Waals surface area contributed by atoms with Crippen LogP contribution in [-0.4, -0.2) is 27.8 Å². The molecule has 1 fully saturated rings. The van der Waals surface area contributed by atoms with Gasteiger partial charge in [-0.1, -0.05) is 0 Å². The minimum atomic E-state index is -5.20. The lowest BCUT2D eigenvalue weighted by Crippen LogP contribution is -2.26. The number of rotatable bonds is 0. The molecule has 1 rings (SSSR count). The van der Waals surface area contributed by atoms with E-state index in [0.717, 1.165) is 0 Å². The summed E-state index contributed by atoms with van der Waals surface area (Å²) < 4.78 is 70.1. The summed E-state index contributed by atoms with van der Waals surface area (Å²) in [6, 6.07) is 0. The monoisotopic (exact) mass is 234 g/mol. The number of nitrogens with zero attached hydrogens (tertiary/aromatic N) is 1. The summed E-state index contributed by atoms with van der Waals surface area (Å²) in [6.45, 7) is 0. The van der Waals surface area contributed by atoms with Crippen molar-refractivity contribution in [3.8, 4) is 0 Å². The third kappa shape index (κ3) is 2.15. The number of halogens is 2. The maximum atomic E-state index is 12.6. The molecule has 0 radical (unpaired) electrons. The van der Waals surface area contributed by atoms with E-state index < -0.39 is 43.9 Å². The fourth-order valence-corrected chi connectivity index (χ4v) is 3.67. The molecule has 0 aromatic heterocycles. The van der Waals surface area contributed by atoms with E-state index in [-0.39, 0.29) is 0 Å². The Labute approximate surface area is 74.2 Å².